The average molecular weight is 556 g/mol. The number of carbonyl (C=O) groups is 1. The summed E-state index contributed by atoms with van der Waals surface area (Å²) in [5.41, 5.74) is 2.44. The molecule has 37 heavy (non-hydrogen) atoms. The van der Waals surface area contributed by atoms with Crippen LogP contribution in [0.3, 0.4) is 0 Å². The third-order valence-corrected chi connectivity index (χ3v) is 8.20. The summed E-state index contributed by atoms with van der Waals surface area (Å²) in [7, 11) is -2.61. The largest absolute Gasteiger partial charge is 0.497 e. The second kappa shape index (κ2) is 13.5. The Hall–Kier alpha value is -2.24. The Morgan fingerprint density at radius 1 is 1.11 bits per heavy atom. The van der Waals surface area contributed by atoms with Crippen molar-refractivity contribution in [2.45, 2.75) is 70.0 Å². The molecule has 1 aromatic carbocycles. The number of aromatic nitrogens is 1. The van der Waals surface area contributed by atoms with Crippen LogP contribution in [0.25, 0.3) is 0 Å². The SMILES string of the molecule is COc1ccc(S(=O)(=O)N(Cc2ccncc2)[C@@H](C(=O)NO)C2CCC(OCC(C)(C)C)CC2)cc1.Cl. The molecule has 2 N–H and O–H groups in total. The van der Waals surface area contributed by atoms with Crippen molar-refractivity contribution in [3.8, 4) is 5.75 Å². The van der Waals surface area contributed by atoms with Crippen molar-refractivity contribution in [1.82, 2.24) is 14.8 Å². The van der Waals surface area contributed by atoms with Gasteiger partial charge in [-0.05, 0) is 79.0 Å². The van der Waals surface area contributed by atoms with Gasteiger partial charge in [0.05, 0.1) is 24.7 Å². The highest BCUT2D eigenvalue weighted by Crippen LogP contribution is 2.35. The number of carbonyl (C=O) groups excluding carboxylic acids is 1. The number of pyridine rings is 1. The molecule has 206 valence electrons. The number of hydrogen-bond acceptors (Lipinski definition) is 7. The second-order valence-corrected chi connectivity index (χ2v) is 12.3. The molecule has 0 aliphatic heterocycles. The van der Waals surface area contributed by atoms with Crippen LogP contribution in [0.1, 0.15) is 52.0 Å². The zero-order valence-electron chi connectivity index (χ0n) is 21.8. The fourth-order valence-electron chi connectivity index (χ4n) is 4.47. The topological polar surface area (TPSA) is 118 Å². The highest BCUT2D eigenvalue weighted by Gasteiger charge is 2.42. The molecule has 2 aromatic rings. The van der Waals surface area contributed by atoms with Gasteiger partial charge >= 0.3 is 0 Å². The number of methoxy groups -OCH3 is 1. The molecule has 1 fully saturated rings. The van der Waals surface area contributed by atoms with E-state index in [1.807, 2.05) is 0 Å². The molecule has 1 saturated carbocycles. The van der Waals surface area contributed by atoms with Crippen LogP contribution in [-0.4, -0.2) is 54.7 Å². The zero-order chi connectivity index (χ0) is 26.3. The van der Waals surface area contributed by atoms with Crippen molar-refractivity contribution in [2.24, 2.45) is 11.3 Å². The van der Waals surface area contributed by atoms with Crippen LogP contribution >= 0.6 is 12.4 Å². The average Bonchev–Trinajstić information content (AvgIpc) is 2.87. The van der Waals surface area contributed by atoms with Crippen LogP contribution in [-0.2, 0) is 26.1 Å². The number of halogens is 1. The first-order chi connectivity index (χ1) is 17.0. The van der Waals surface area contributed by atoms with Crippen LogP contribution in [0.2, 0.25) is 0 Å². The first-order valence-corrected chi connectivity index (χ1v) is 13.6. The highest BCUT2D eigenvalue weighted by molar-refractivity contribution is 7.89. The van der Waals surface area contributed by atoms with E-state index in [1.165, 1.54) is 23.5 Å². The molecule has 1 aliphatic carbocycles. The Kier molecular flexibility index (Phi) is 11.3. The number of hydroxylamine groups is 1. The lowest BCUT2D eigenvalue weighted by Crippen LogP contribution is -2.53. The highest BCUT2D eigenvalue weighted by atomic mass is 35.5. The molecule has 1 heterocycles. The number of rotatable bonds is 10. The minimum atomic E-state index is -4.12. The van der Waals surface area contributed by atoms with Gasteiger partial charge in [0.25, 0.3) is 5.91 Å². The quantitative estimate of drug-likeness (QED) is 0.333. The van der Waals surface area contributed by atoms with Gasteiger partial charge in [-0.25, -0.2) is 13.9 Å². The molecular formula is C26H38ClN3O6S. The Morgan fingerprint density at radius 3 is 2.22 bits per heavy atom. The van der Waals surface area contributed by atoms with E-state index in [4.69, 9.17) is 9.47 Å². The van der Waals surface area contributed by atoms with Gasteiger partial charge in [-0.15, -0.1) is 12.4 Å². The third kappa shape index (κ3) is 8.38. The molecule has 11 heteroatoms. The van der Waals surface area contributed by atoms with Gasteiger partial charge in [-0.3, -0.25) is 15.0 Å². The molecule has 1 atom stereocenters. The van der Waals surface area contributed by atoms with Gasteiger partial charge in [0.1, 0.15) is 11.8 Å². The number of amides is 1. The normalized spacial score (nSPS) is 19.1. The lowest BCUT2D eigenvalue weighted by atomic mass is 9.82. The Morgan fingerprint density at radius 2 is 1.70 bits per heavy atom. The van der Waals surface area contributed by atoms with E-state index in [0.717, 1.165) is 0 Å². The van der Waals surface area contributed by atoms with E-state index >= 15 is 0 Å². The summed E-state index contributed by atoms with van der Waals surface area (Å²) in [6, 6.07) is 8.37. The van der Waals surface area contributed by atoms with Crippen molar-refractivity contribution in [2.75, 3.05) is 13.7 Å². The number of nitrogens with zero attached hydrogens (tertiary/aromatic N) is 2. The Labute approximate surface area is 226 Å². The van der Waals surface area contributed by atoms with Gasteiger partial charge in [0, 0.05) is 18.9 Å². The summed E-state index contributed by atoms with van der Waals surface area (Å²) in [6.07, 6.45) is 5.82. The molecule has 0 spiro atoms. The number of benzene rings is 1. The minimum absolute atomic E-state index is 0. The number of ether oxygens (including phenoxy) is 2. The van der Waals surface area contributed by atoms with Gasteiger partial charge in [-0.1, -0.05) is 20.8 Å². The fraction of sp³-hybridized carbons (Fsp3) is 0.538. The summed E-state index contributed by atoms with van der Waals surface area (Å²) >= 11 is 0. The molecule has 1 amide bonds. The molecular weight excluding hydrogens is 518 g/mol. The van der Waals surface area contributed by atoms with Crippen molar-refractivity contribution in [1.29, 1.82) is 0 Å². The summed E-state index contributed by atoms with van der Waals surface area (Å²) in [5.74, 6) is -0.519. The first-order valence-electron chi connectivity index (χ1n) is 12.2. The standard InChI is InChI=1S/C26H37N3O6S.ClH/c1-26(2,3)18-35-22-7-5-20(6-8-22)24(25(30)28-31)29(17-19-13-15-27-16-14-19)36(32,33)23-11-9-21(34-4)10-12-23;/h9-16,20,22,24,31H,5-8,17-18H2,1-4H3,(H,28,30);1H/t20?,22?,24-;/m1./s1. The summed E-state index contributed by atoms with van der Waals surface area (Å²) in [4.78, 5) is 17.1. The predicted molar refractivity (Wildman–Crippen MR) is 142 cm³/mol. The number of hydrogen-bond donors (Lipinski definition) is 2. The number of sulfonamides is 1. The molecule has 9 nitrogen and oxygen atoms in total. The summed E-state index contributed by atoms with van der Waals surface area (Å²) in [6.45, 7) is 6.92. The maximum absolute atomic E-state index is 13.9. The van der Waals surface area contributed by atoms with Gasteiger partial charge < -0.3 is 9.47 Å². The number of nitrogens with one attached hydrogen (secondary N) is 1. The van der Waals surface area contributed by atoms with Crippen molar-refractivity contribution in [3.05, 3.63) is 54.4 Å². The smallest absolute Gasteiger partial charge is 0.262 e. The molecule has 0 radical (unpaired) electrons. The summed E-state index contributed by atoms with van der Waals surface area (Å²) < 4.78 is 40.2. The van der Waals surface area contributed by atoms with E-state index in [2.05, 4.69) is 25.8 Å². The molecule has 1 aliphatic rings. The van der Waals surface area contributed by atoms with E-state index in [-0.39, 0.29) is 41.3 Å². The van der Waals surface area contributed by atoms with Crippen LogP contribution in [0.4, 0.5) is 0 Å². The second-order valence-electron chi connectivity index (χ2n) is 10.4. The first kappa shape index (κ1) is 31.0. The third-order valence-electron chi connectivity index (χ3n) is 6.36. The molecule has 1 aromatic heterocycles. The Bertz CT molecular complexity index is 1090. The lowest BCUT2D eigenvalue weighted by Gasteiger charge is -2.38. The van der Waals surface area contributed by atoms with Crippen LogP contribution < -0.4 is 10.2 Å². The summed E-state index contributed by atoms with van der Waals surface area (Å²) in [5, 5.41) is 9.61. The maximum atomic E-state index is 13.9. The molecule has 0 saturated heterocycles. The van der Waals surface area contributed by atoms with Gasteiger partial charge in [0.2, 0.25) is 10.0 Å². The predicted octanol–water partition coefficient (Wildman–Crippen LogP) is 4.20. The van der Waals surface area contributed by atoms with Crippen LogP contribution in [0, 0.1) is 11.3 Å². The van der Waals surface area contributed by atoms with Gasteiger partial charge in [-0.2, -0.15) is 4.31 Å². The lowest BCUT2D eigenvalue weighted by molar-refractivity contribution is -0.136. The van der Waals surface area contributed by atoms with Gasteiger partial charge in [0.15, 0.2) is 0 Å². The minimum Gasteiger partial charge on any atom is -0.497 e. The van der Waals surface area contributed by atoms with Crippen LogP contribution in [0.5, 0.6) is 5.75 Å². The van der Waals surface area contributed by atoms with Crippen LogP contribution in [0.15, 0.2) is 53.7 Å². The van der Waals surface area contributed by atoms with E-state index in [9.17, 15) is 18.4 Å². The monoisotopic (exact) mass is 555 g/mol. The Balaban J connectivity index is 0.00000481. The molecule has 0 unspecified atom stereocenters. The fourth-order valence-corrected chi connectivity index (χ4v) is 6.11. The van der Waals surface area contributed by atoms with E-state index in [0.29, 0.717) is 43.6 Å². The van der Waals surface area contributed by atoms with E-state index < -0.39 is 22.0 Å². The molecule has 3 rings (SSSR count). The van der Waals surface area contributed by atoms with Crippen molar-refractivity contribution in [3.63, 3.8) is 0 Å². The maximum Gasteiger partial charge on any atom is 0.262 e. The molecule has 0 bridgehead atoms. The van der Waals surface area contributed by atoms with Crippen molar-refractivity contribution >= 4 is 28.3 Å². The van der Waals surface area contributed by atoms with Crippen molar-refractivity contribution < 1.29 is 27.9 Å². The zero-order valence-corrected chi connectivity index (χ0v) is 23.4. The van der Waals surface area contributed by atoms with E-state index in [1.54, 1.807) is 42.1 Å².